The number of halogens is 1. The Labute approximate surface area is 166 Å². The third-order valence-corrected chi connectivity index (χ3v) is 4.42. The van der Waals surface area contributed by atoms with Crippen molar-refractivity contribution in [3.05, 3.63) is 28.8 Å². The van der Waals surface area contributed by atoms with Crippen molar-refractivity contribution in [3.63, 3.8) is 0 Å². The van der Waals surface area contributed by atoms with E-state index in [9.17, 15) is 9.59 Å². The molecular weight excluding hydrogens is 368 g/mol. The van der Waals surface area contributed by atoms with E-state index in [0.717, 1.165) is 25.2 Å². The summed E-state index contributed by atoms with van der Waals surface area (Å²) in [4.78, 5) is 28.0. The van der Waals surface area contributed by atoms with Crippen LogP contribution in [0, 0.1) is 6.92 Å². The van der Waals surface area contributed by atoms with Crippen LogP contribution in [0.2, 0.25) is 5.02 Å². The van der Waals surface area contributed by atoms with Crippen molar-refractivity contribution < 1.29 is 14.3 Å². The fourth-order valence-corrected chi connectivity index (χ4v) is 2.98. The Bertz CT molecular complexity index is 667. The number of benzene rings is 1. The fraction of sp³-hybridized carbons (Fsp3) is 0.579. The Morgan fingerprint density at radius 3 is 2.44 bits per heavy atom. The summed E-state index contributed by atoms with van der Waals surface area (Å²) in [7, 11) is 0. The smallest absolute Gasteiger partial charge is 0.410 e. The zero-order valence-electron chi connectivity index (χ0n) is 16.5. The fourth-order valence-electron chi connectivity index (χ4n) is 2.70. The number of hydrogen-bond donors (Lipinski definition) is 2. The number of piperazine rings is 1. The van der Waals surface area contributed by atoms with E-state index in [1.165, 1.54) is 0 Å². The lowest BCUT2D eigenvalue weighted by atomic mass is 10.2. The van der Waals surface area contributed by atoms with Crippen LogP contribution in [0.4, 0.5) is 15.3 Å². The molecule has 0 aliphatic carbocycles. The molecule has 1 aliphatic heterocycles. The van der Waals surface area contributed by atoms with Crippen molar-refractivity contribution in [2.45, 2.75) is 33.3 Å². The quantitative estimate of drug-likeness (QED) is 0.818. The number of carbonyl (C=O) groups excluding carboxylic acids is 2. The second kappa shape index (κ2) is 9.28. The average molecular weight is 397 g/mol. The first-order valence-corrected chi connectivity index (χ1v) is 9.53. The molecule has 1 heterocycles. The number of urea groups is 1. The summed E-state index contributed by atoms with van der Waals surface area (Å²) in [5.74, 6) is 0. The highest BCUT2D eigenvalue weighted by molar-refractivity contribution is 6.33. The number of anilines is 1. The summed E-state index contributed by atoms with van der Waals surface area (Å²) >= 11 is 6.12. The Morgan fingerprint density at radius 2 is 1.85 bits per heavy atom. The Morgan fingerprint density at radius 1 is 1.19 bits per heavy atom. The number of rotatable bonds is 4. The molecule has 1 aromatic carbocycles. The first kappa shape index (κ1) is 21.3. The maximum atomic E-state index is 12.1. The van der Waals surface area contributed by atoms with Crippen molar-refractivity contribution in [3.8, 4) is 0 Å². The summed E-state index contributed by atoms with van der Waals surface area (Å²) in [5, 5.41) is 6.10. The molecule has 2 rings (SSSR count). The Kier molecular flexibility index (Phi) is 7.33. The third kappa shape index (κ3) is 7.27. The van der Waals surface area contributed by atoms with Gasteiger partial charge in [0.25, 0.3) is 0 Å². The van der Waals surface area contributed by atoms with Gasteiger partial charge in [0.1, 0.15) is 5.60 Å². The molecule has 1 aromatic rings. The summed E-state index contributed by atoms with van der Waals surface area (Å²) in [6.07, 6.45) is -0.269. The molecule has 0 aromatic heterocycles. The van der Waals surface area contributed by atoms with Gasteiger partial charge in [0.2, 0.25) is 0 Å². The van der Waals surface area contributed by atoms with Gasteiger partial charge in [0.15, 0.2) is 0 Å². The molecule has 3 amide bonds. The van der Waals surface area contributed by atoms with Gasteiger partial charge < -0.3 is 20.3 Å². The van der Waals surface area contributed by atoms with Gasteiger partial charge in [-0.15, -0.1) is 0 Å². The third-order valence-electron chi connectivity index (χ3n) is 4.11. The van der Waals surface area contributed by atoms with Crippen molar-refractivity contribution >= 4 is 29.4 Å². The molecule has 27 heavy (non-hydrogen) atoms. The highest BCUT2D eigenvalue weighted by atomic mass is 35.5. The van der Waals surface area contributed by atoms with Crippen LogP contribution < -0.4 is 10.6 Å². The average Bonchev–Trinajstić information content (AvgIpc) is 2.56. The van der Waals surface area contributed by atoms with E-state index in [4.69, 9.17) is 16.3 Å². The highest BCUT2D eigenvalue weighted by Gasteiger charge is 2.25. The lowest BCUT2D eigenvalue weighted by molar-refractivity contribution is 0.0147. The number of carbonyl (C=O) groups is 2. The predicted molar refractivity (Wildman–Crippen MR) is 107 cm³/mol. The monoisotopic (exact) mass is 396 g/mol. The Hall–Kier alpha value is -1.99. The van der Waals surface area contributed by atoms with Crippen LogP contribution in [-0.4, -0.2) is 66.8 Å². The molecule has 0 radical (unpaired) electrons. The van der Waals surface area contributed by atoms with Crippen molar-refractivity contribution in [2.75, 3.05) is 44.6 Å². The molecule has 1 fully saturated rings. The van der Waals surface area contributed by atoms with Crippen LogP contribution in [0.15, 0.2) is 18.2 Å². The number of aryl methyl sites for hydroxylation is 1. The van der Waals surface area contributed by atoms with Gasteiger partial charge in [-0.3, -0.25) is 4.90 Å². The van der Waals surface area contributed by atoms with E-state index >= 15 is 0 Å². The molecule has 150 valence electrons. The lowest BCUT2D eigenvalue weighted by Crippen LogP contribution is -2.51. The number of amides is 3. The second-order valence-corrected chi connectivity index (χ2v) is 8.08. The summed E-state index contributed by atoms with van der Waals surface area (Å²) in [6, 6.07) is 5.20. The van der Waals surface area contributed by atoms with E-state index < -0.39 is 5.60 Å². The zero-order valence-corrected chi connectivity index (χ0v) is 17.2. The first-order chi connectivity index (χ1) is 12.6. The van der Waals surface area contributed by atoms with Crippen molar-refractivity contribution in [2.24, 2.45) is 0 Å². The van der Waals surface area contributed by atoms with E-state index in [1.807, 2.05) is 33.8 Å². The minimum Gasteiger partial charge on any atom is -0.444 e. The maximum absolute atomic E-state index is 12.1. The molecule has 7 nitrogen and oxygen atoms in total. The van der Waals surface area contributed by atoms with Crippen LogP contribution >= 0.6 is 11.6 Å². The second-order valence-electron chi connectivity index (χ2n) is 7.67. The molecule has 0 unspecified atom stereocenters. The minimum absolute atomic E-state index is 0.269. The van der Waals surface area contributed by atoms with Gasteiger partial charge >= 0.3 is 12.1 Å². The van der Waals surface area contributed by atoms with E-state index in [0.29, 0.717) is 30.3 Å². The summed E-state index contributed by atoms with van der Waals surface area (Å²) in [6.45, 7) is 11.5. The van der Waals surface area contributed by atoms with E-state index in [2.05, 4.69) is 15.5 Å². The van der Waals surface area contributed by atoms with Gasteiger partial charge in [0.05, 0.1) is 10.7 Å². The van der Waals surface area contributed by atoms with Gasteiger partial charge in [-0.05, 0) is 45.4 Å². The molecule has 0 spiro atoms. The molecule has 0 saturated carbocycles. The molecule has 2 N–H and O–H groups in total. The largest absolute Gasteiger partial charge is 0.444 e. The summed E-state index contributed by atoms with van der Waals surface area (Å²) in [5.41, 5.74) is 1.15. The molecule has 0 atom stereocenters. The molecule has 0 bridgehead atoms. The topological polar surface area (TPSA) is 73.9 Å². The van der Waals surface area contributed by atoms with Crippen LogP contribution in [0.5, 0.6) is 0 Å². The van der Waals surface area contributed by atoms with Crippen LogP contribution in [0.1, 0.15) is 26.3 Å². The number of ether oxygens (including phenoxy) is 1. The van der Waals surface area contributed by atoms with Crippen molar-refractivity contribution in [1.82, 2.24) is 15.1 Å². The molecule has 1 aliphatic rings. The van der Waals surface area contributed by atoms with Gasteiger partial charge in [0, 0.05) is 39.3 Å². The van der Waals surface area contributed by atoms with Crippen molar-refractivity contribution in [1.29, 1.82) is 0 Å². The summed E-state index contributed by atoms with van der Waals surface area (Å²) < 4.78 is 5.39. The van der Waals surface area contributed by atoms with E-state index in [1.54, 1.807) is 17.0 Å². The predicted octanol–water partition coefficient (Wildman–Crippen LogP) is 3.32. The van der Waals surface area contributed by atoms with Crippen LogP contribution in [0.3, 0.4) is 0 Å². The minimum atomic E-state index is -0.480. The lowest BCUT2D eigenvalue weighted by Gasteiger charge is -2.35. The van der Waals surface area contributed by atoms with Gasteiger partial charge in [-0.1, -0.05) is 17.7 Å². The molecular formula is C19H29ClN4O3. The highest BCUT2D eigenvalue weighted by Crippen LogP contribution is 2.22. The van der Waals surface area contributed by atoms with E-state index in [-0.39, 0.29) is 12.1 Å². The van der Waals surface area contributed by atoms with Crippen LogP contribution in [-0.2, 0) is 4.74 Å². The van der Waals surface area contributed by atoms with Gasteiger partial charge in [-0.2, -0.15) is 0 Å². The Balaban J connectivity index is 1.66. The number of nitrogens with one attached hydrogen (secondary N) is 2. The SMILES string of the molecule is Cc1ccc(NC(=O)NCCN2CCN(C(=O)OC(C)(C)C)CC2)c(Cl)c1. The first-order valence-electron chi connectivity index (χ1n) is 9.15. The van der Waals surface area contributed by atoms with Crippen LogP contribution in [0.25, 0.3) is 0 Å². The maximum Gasteiger partial charge on any atom is 0.410 e. The normalized spacial score (nSPS) is 15.4. The standard InChI is InChI=1S/C19H29ClN4O3/c1-14-5-6-16(15(20)13-14)22-17(25)21-7-8-23-9-11-24(12-10-23)18(26)27-19(2,3)4/h5-6,13H,7-12H2,1-4H3,(H2,21,22,25). The zero-order chi connectivity index (χ0) is 20.0. The molecule has 8 heteroatoms. The van der Waals surface area contributed by atoms with Gasteiger partial charge in [-0.25, -0.2) is 9.59 Å². The number of hydrogen-bond acceptors (Lipinski definition) is 4. The molecule has 1 saturated heterocycles. The number of nitrogens with zero attached hydrogens (tertiary/aromatic N) is 2.